The van der Waals surface area contributed by atoms with Crippen molar-refractivity contribution in [3.63, 3.8) is 0 Å². The molecule has 22 heavy (non-hydrogen) atoms. The van der Waals surface area contributed by atoms with Crippen LogP contribution in [0.2, 0.25) is 0 Å². The molecule has 0 unspecified atom stereocenters. The summed E-state index contributed by atoms with van der Waals surface area (Å²) in [6.07, 6.45) is 3.09. The van der Waals surface area contributed by atoms with Crippen LogP contribution < -0.4 is 5.73 Å². The largest absolute Gasteiger partial charge is 0.465 e. The van der Waals surface area contributed by atoms with Crippen molar-refractivity contribution in [2.75, 3.05) is 12.3 Å². The molecule has 0 amide bonds. The van der Waals surface area contributed by atoms with Crippen LogP contribution in [0.4, 0.5) is 5.69 Å². The summed E-state index contributed by atoms with van der Waals surface area (Å²) in [6.45, 7) is 2.54. The maximum atomic E-state index is 11.7. The molecule has 3 heteroatoms. The number of aryl methyl sites for hydroxylation is 1. The van der Waals surface area contributed by atoms with E-state index < -0.39 is 0 Å². The highest BCUT2D eigenvalue weighted by molar-refractivity contribution is 5.72. The Morgan fingerprint density at radius 3 is 2.55 bits per heavy atom. The smallest absolute Gasteiger partial charge is 0.310 e. The maximum absolute atomic E-state index is 11.7. The Morgan fingerprint density at radius 1 is 1.05 bits per heavy atom. The molecule has 0 bridgehead atoms. The van der Waals surface area contributed by atoms with Gasteiger partial charge in [-0.25, -0.2) is 0 Å². The second-order valence-electron chi connectivity index (χ2n) is 5.48. The third kappa shape index (κ3) is 4.92. The number of hydrogen-bond donors (Lipinski definition) is 1. The van der Waals surface area contributed by atoms with Crippen LogP contribution in [0.15, 0.2) is 48.5 Å². The fraction of sp³-hybridized carbons (Fsp3) is 0.316. The topological polar surface area (TPSA) is 52.3 Å². The van der Waals surface area contributed by atoms with Gasteiger partial charge in [0.2, 0.25) is 0 Å². The first-order chi connectivity index (χ1) is 10.7. The van der Waals surface area contributed by atoms with E-state index in [4.69, 9.17) is 10.5 Å². The van der Waals surface area contributed by atoms with Crippen LogP contribution >= 0.6 is 0 Å². The summed E-state index contributed by atoms with van der Waals surface area (Å²) in [6, 6.07) is 15.6. The normalized spacial score (nSPS) is 10.4. The summed E-state index contributed by atoms with van der Waals surface area (Å²) in [5.74, 6) is -0.165. The molecular formula is C19H23NO2. The van der Waals surface area contributed by atoms with Crippen molar-refractivity contribution >= 4 is 11.7 Å². The van der Waals surface area contributed by atoms with Gasteiger partial charge < -0.3 is 10.5 Å². The molecule has 0 aliphatic carbocycles. The predicted octanol–water partition coefficient (Wildman–Crippen LogP) is 3.69. The van der Waals surface area contributed by atoms with Gasteiger partial charge in [-0.05, 0) is 48.9 Å². The number of unbranched alkanes of at least 4 members (excludes halogenated alkanes) is 1. The monoisotopic (exact) mass is 297 g/mol. The van der Waals surface area contributed by atoms with Crippen LogP contribution in [-0.4, -0.2) is 12.6 Å². The second kappa shape index (κ2) is 8.23. The number of hydrogen-bond acceptors (Lipinski definition) is 3. The van der Waals surface area contributed by atoms with E-state index in [1.165, 1.54) is 11.1 Å². The fourth-order valence-electron chi connectivity index (χ4n) is 2.47. The minimum atomic E-state index is -0.165. The lowest BCUT2D eigenvalue weighted by Crippen LogP contribution is -2.09. The number of ether oxygens (including phenoxy) is 1. The van der Waals surface area contributed by atoms with Crippen molar-refractivity contribution in [1.82, 2.24) is 0 Å². The Bertz CT molecular complexity index is 588. The summed E-state index contributed by atoms with van der Waals surface area (Å²) < 4.78 is 5.27. The molecule has 0 radical (unpaired) electrons. The Balaban J connectivity index is 1.66. The lowest BCUT2D eigenvalue weighted by Gasteiger charge is -2.09. The number of nitrogen functional groups attached to an aromatic ring is 1. The van der Waals surface area contributed by atoms with Gasteiger partial charge >= 0.3 is 5.97 Å². The molecule has 0 fully saturated rings. The van der Waals surface area contributed by atoms with Crippen LogP contribution in [0.1, 0.15) is 29.5 Å². The minimum Gasteiger partial charge on any atom is -0.465 e. The van der Waals surface area contributed by atoms with Crippen LogP contribution in [0.25, 0.3) is 0 Å². The van der Waals surface area contributed by atoms with Crippen LogP contribution in [-0.2, 0) is 22.4 Å². The number of benzene rings is 2. The number of carbonyl (C=O) groups is 1. The Hall–Kier alpha value is -2.29. The molecule has 0 spiro atoms. The van der Waals surface area contributed by atoms with E-state index in [0.29, 0.717) is 13.0 Å². The van der Waals surface area contributed by atoms with Gasteiger partial charge in [0.1, 0.15) is 0 Å². The number of carbonyl (C=O) groups excluding carboxylic acids is 1. The first-order valence-electron chi connectivity index (χ1n) is 7.70. The SMILES string of the molecule is Cc1cccc(N)c1CCCCOC(=O)Cc1ccccc1. The third-order valence-electron chi connectivity index (χ3n) is 3.72. The molecule has 2 aromatic carbocycles. The molecule has 3 nitrogen and oxygen atoms in total. The van der Waals surface area contributed by atoms with E-state index in [-0.39, 0.29) is 5.97 Å². The highest BCUT2D eigenvalue weighted by atomic mass is 16.5. The standard InChI is InChI=1S/C19H23NO2/c1-15-8-7-12-18(20)17(15)11-5-6-13-22-19(21)14-16-9-3-2-4-10-16/h2-4,7-10,12H,5-6,11,13-14,20H2,1H3. The molecule has 2 rings (SSSR count). The molecule has 0 atom stereocenters. The second-order valence-corrected chi connectivity index (χ2v) is 5.48. The zero-order chi connectivity index (χ0) is 15.8. The van der Waals surface area contributed by atoms with Crippen LogP contribution in [0.5, 0.6) is 0 Å². The number of rotatable bonds is 7. The van der Waals surface area contributed by atoms with E-state index >= 15 is 0 Å². The van der Waals surface area contributed by atoms with Crippen LogP contribution in [0, 0.1) is 6.92 Å². The summed E-state index contributed by atoms with van der Waals surface area (Å²) in [5.41, 5.74) is 10.2. The minimum absolute atomic E-state index is 0.165. The highest BCUT2D eigenvalue weighted by Gasteiger charge is 2.05. The molecule has 116 valence electrons. The molecule has 0 saturated carbocycles. The van der Waals surface area contributed by atoms with E-state index in [2.05, 4.69) is 13.0 Å². The zero-order valence-corrected chi connectivity index (χ0v) is 13.0. The average Bonchev–Trinajstić information content (AvgIpc) is 2.50. The summed E-state index contributed by atoms with van der Waals surface area (Å²) in [5, 5.41) is 0. The van der Waals surface area contributed by atoms with Gasteiger partial charge in [0, 0.05) is 5.69 Å². The lowest BCUT2D eigenvalue weighted by atomic mass is 10.0. The molecule has 0 aliphatic rings. The molecule has 0 saturated heterocycles. The van der Waals surface area contributed by atoms with E-state index in [1.54, 1.807) is 0 Å². The first kappa shape index (κ1) is 16.1. The molecule has 0 aliphatic heterocycles. The average molecular weight is 297 g/mol. The van der Waals surface area contributed by atoms with Crippen molar-refractivity contribution in [1.29, 1.82) is 0 Å². The summed E-state index contributed by atoms with van der Waals surface area (Å²) in [7, 11) is 0. The Labute approximate surface area is 132 Å². The van der Waals surface area contributed by atoms with Crippen molar-refractivity contribution in [2.24, 2.45) is 0 Å². The zero-order valence-electron chi connectivity index (χ0n) is 13.0. The highest BCUT2D eigenvalue weighted by Crippen LogP contribution is 2.18. The van der Waals surface area contributed by atoms with Crippen molar-refractivity contribution in [3.8, 4) is 0 Å². The Morgan fingerprint density at radius 2 is 1.82 bits per heavy atom. The van der Waals surface area contributed by atoms with Crippen molar-refractivity contribution in [3.05, 3.63) is 65.2 Å². The van der Waals surface area contributed by atoms with Crippen LogP contribution in [0.3, 0.4) is 0 Å². The van der Waals surface area contributed by atoms with Gasteiger partial charge in [-0.2, -0.15) is 0 Å². The maximum Gasteiger partial charge on any atom is 0.310 e. The van der Waals surface area contributed by atoms with Gasteiger partial charge in [0.05, 0.1) is 13.0 Å². The lowest BCUT2D eigenvalue weighted by molar-refractivity contribution is -0.142. The number of nitrogens with two attached hydrogens (primary N) is 1. The third-order valence-corrected chi connectivity index (χ3v) is 3.72. The van der Waals surface area contributed by atoms with Gasteiger partial charge in [-0.3, -0.25) is 4.79 Å². The molecular weight excluding hydrogens is 274 g/mol. The van der Waals surface area contributed by atoms with E-state index in [9.17, 15) is 4.79 Å². The van der Waals surface area contributed by atoms with Crippen molar-refractivity contribution < 1.29 is 9.53 Å². The molecule has 2 N–H and O–H groups in total. The van der Waals surface area contributed by atoms with Gasteiger partial charge in [0.25, 0.3) is 0 Å². The summed E-state index contributed by atoms with van der Waals surface area (Å²) >= 11 is 0. The Kier molecular flexibility index (Phi) is 6.01. The predicted molar refractivity (Wildman–Crippen MR) is 89.6 cm³/mol. The van der Waals surface area contributed by atoms with Gasteiger partial charge in [-0.15, -0.1) is 0 Å². The summed E-state index contributed by atoms with van der Waals surface area (Å²) in [4.78, 5) is 11.7. The van der Waals surface area contributed by atoms with Crippen molar-refractivity contribution in [2.45, 2.75) is 32.6 Å². The molecule has 0 aromatic heterocycles. The first-order valence-corrected chi connectivity index (χ1v) is 7.70. The number of anilines is 1. The number of esters is 1. The molecule has 2 aromatic rings. The van der Waals surface area contributed by atoms with Gasteiger partial charge in [0.15, 0.2) is 0 Å². The fourth-order valence-corrected chi connectivity index (χ4v) is 2.47. The molecule has 0 heterocycles. The van der Waals surface area contributed by atoms with E-state index in [0.717, 1.165) is 30.5 Å². The van der Waals surface area contributed by atoms with E-state index in [1.807, 2.05) is 42.5 Å². The quantitative estimate of drug-likeness (QED) is 0.482. The van der Waals surface area contributed by atoms with Gasteiger partial charge in [-0.1, -0.05) is 42.5 Å².